The Morgan fingerprint density at radius 2 is 1.84 bits per heavy atom. The van der Waals surface area contributed by atoms with E-state index in [4.69, 9.17) is 4.74 Å². The number of benzene rings is 1. The van der Waals surface area contributed by atoms with Crippen LogP contribution in [-0.2, 0) is 6.42 Å². The molecule has 0 heterocycles. The third kappa shape index (κ3) is 5.53. The van der Waals surface area contributed by atoms with E-state index in [1.54, 1.807) is 7.11 Å². The van der Waals surface area contributed by atoms with E-state index < -0.39 is 0 Å². The van der Waals surface area contributed by atoms with Gasteiger partial charge in [0.05, 0.1) is 7.11 Å². The lowest BCUT2D eigenvalue weighted by Gasteiger charge is -2.22. The fourth-order valence-corrected chi connectivity index (χ4v) is 2.49. The molecule has 0 fully saturated rings. The molecule has 1 N–H and O–H groups in total. The molecule has 2 unspecified atom stereocenters. The number of nitrogens with one attached hydrogen (secondary N) is 1. The first kappa shape index (κ1) is 16.5. The Hall–Kier alpha value is -0.540. The standard InChI is InChI=1S/C16H26BrNO/c1-11(2)18-10-13(4)12(3)8-14-9-15(17)6-7-16(14)19-5/h6-7,9,11-13,18H,8,10H2,1-5H3. The molecule has 1 aromatic carbocycles. The fraction of sp³-hybridized carbons (Fsp3) is 0.625. The van der Waals surface area contributed by atoms with Crippen molar-refractivity contribution in [2.45, 2.75) is 40.2 Å². The third-order valence-electron chi connectivity index (χ3n) is 3.60. The van der Waals surface area contributed by atoms with Crippen LogP contribution < -0.4 is 10.1 Å². The van der Waals surface area contributed by atoms with Crippen molar-refractivity contribution >= 4 is 15.9 Å². The predicted molar refractivity (Wildman–Crippen MR) is 85.9 cm³/mol. The molecule has 3 heteroatoms. The average Bonchev–Trinajstić information content (AvgIpc) is 2.36. The summed E-state index contributed by atoms with van der Waals surface area (Å²) in [4.78, 5) is 0. The summed E-state index contributed by atoms with van der Waals surface area (Å²) in [5.74, 6) is 2.25. The first-order chi connectivity index (χ1) is 8.93. The SMILES string of the molecule is COc1ccc(Br)cc1CC(C)C(C)CNC(C)C. The third-order valence-corrected chi connectivity index (χ3v) is 4.10. The van der Waals surface area contributed by atoms with Crippen LogP contribution in [0.2, 0.25) is 0 Å². The minimum Gasteiger partial charge on any atom is -0.496 e. The van der Waals surface area contributed by atoms with Gasteiger partial charge < -0.3 is 10.1 Å². The Morgan fingerprint density at radius 3 is 2.42 bits per heavy atom. The molecule has 1 aromatic rings. The van der Waals surface area contributed by atoms with Crippen LogP contribution >= 0.6 is 15.9 Å². The Balaban J connectivity index is 2.65. The predicted octanol–water partition coefficient (Wildman–Crippen LogP) is 4.27. The summed E-state index contributed by atoms with van der Waals surface area (Å²) in [7, 11) is 1.74. The molecule has 19 heavy (non-hydrogen) atoms. The van der Waals surface area contributed by atoms with Crippen molar-refractivity contribution in [1.82, 2.24) is 5.32 Å². The van der Waals surface area contributed by atoms with Gasteiger partial charge in [0.25, 0.3) is 0 Å². The lowest BCUT2D eigenvalue weighted by atomic mass is 9.89. The van der Waals surface area contributed by atoms with Gasteiger partial charge in [0.2, 0.25) is 0 Å². The van der Waals surface area contributed by atoms with E-state index >= 15 is 0 Å². The number of hydrogen-bond donors (Lipinski definition) is 1. The summed E-state index contributed by atoms with van der Waals surface area (Å²) in [6, 6.07) is 6.77. The average molecular weight is 328 g/mol. The van der Waals surface area contributed by atoms with Crippen LogP contribution in [0.1, 0.15) is 33.3 Å². The van der Waals surface area contributed by atoms with Gasteiger partial charge in [-0.3, -0.25) is 0 Å². The van der Waals surface area contributed by atoms with Gasteiger partial charge in [-0.05, 0) is 48.6 Å². The van der Waals surface area contributed by atoms with Crippen molar-refractivity contribution in [3.05, 3.63) is 28.2 Å². The second kappa shape index (κ2) is 7.91. The van der Waals surface area contributed by atoms with E-state index in [1.807, 2.05) is 12.1 Å². The second-order valence-electron chi connectivity index (χ2n) is 5.68. The lowest BCUT2D eigenvalue weighted by Crippen LogP contribution is -2.31. The normalized spacial score (nSPS) is 14.5. The van der Waals surface area contributed by atoms with E-state index in [0.29, 0.717) is 17.9 Å². The minimum absolute atomic E-state index is 0.551. The maximum Gasteiger partial charge on any atom is 0.122 e. The summed E-state index contributed by atoms with van der Waals surface area (Å²) in [5.41, 5.74) is 1.28. The number of rotatable bonds is 7. The van der Waals surface area contributed by atoms with Gasteiger partial charge in [0.15, 0.2) is 0 Å². The Labute approximate surface area is 126 Å². The van der Waals surface area contributed by atoms with Gasteiger partial charge in [0, 0.05) is 10.5 Å². The fourth-order valence-electron chi connectivity index (χ4n) is 2.08. The zero-order valence-electron chi connectivity index (χ0n) is 12.7. The van der Waals surface area contributed by atoms with E-state index in [2.05, 4.69) is 55.0 Å². The smallest absolute Gasteiger partial charge is 0.122 e. The first-order valence-electron chi connectivity index (χ1n) is 6.99. The van der Waals surface area contributed by atoms with Crippen molar-refractivity contribution in [3.63, 3.8) is 0 Å². The maximum absolute atomic E-state index is 5.44. The molecule has 108 valence electrons. The second-order valence-corrected chi connectivity index (χ2v) is 6.59. The summed E-state index contributed by atoms with van der Waals surface area (Å²) >= 11 is 3.53. The molecular formula is C16H26BrNO. The van der Waals surface area contributed by atoms with Crippen LogP contribution in [0.5, 0.6) is 5.75 Å². The van der Waals surface area contributed by atoms with E-state index in [9.17, 15) is 0 Å². The first-order valence-corrected chi connectivity index (χ1v) is 7.79. The number of halogens is 1. The zero-order valence-corrected chi connectivity index (χ0v) is 14.3. The molecule has 0 aromatic heterocycles. The lowest BCUT2D eigenvalue weighted by molar-refractivity contribution is 0.346. The molecule has 0 aliphatic rings. The highest BCUT2D eigenvalue weighted by molar-refractivity contribution is 9.10. The molecular weight excluding hydrogens is 302 g/mol. The van der Waals surface area contributed by atoms with Crippen LogP contribution in [0.4, 0.5) is 0 Å². The highest BCUT2D eigenvalue weighted by atomic mass is 79.9. The molecule has 0 aliphatic heterocycles. The molecule has 0 spiro atoms. The zero-order chi connectivity index (χ0) is 14.4. The number of ether oxygens (including phenoxy) is 1. The van der Waals surface area contributed by atoms with Crippen LogP contribution in [0.3, 0.4) is 0 Å². The van der Waals surface area contributed by atoms with Crippen LogP contribution in [0.15, 0.2) is 22.7 Å². The molecule has 0 saturated heterocycles. The molecule has 0 aliphatic carbocycles. The van der Waals surface area contributed by atoms with E-state index in [1.165, 1.54) is 5.56 Å². The van der Waals surface area contributed by atoms with Gasteiger partial charge in [-0.2, -0.15) is 0 Å². The summed E-state index contributed by atoms with van der Waals surface area (Å²) in [5, 5.41) is 3.51. The molecule has 2 nitrogen and oxygen atoms in total. The van der Waals surface area contributed by atoms with Crippen LogP contribution in [-0.4, -0.2) is 19.7 Å². The largest absolute Gasteiger partial charge is 0.496 e. The number of methoxy groups -OCH3 is 1. The highest BCUT2D eigenvalue weighted by Crippen LogP contribution is 2.27. The molecule has 0 saturated carbocycles. The summed E-state index contributed by atoms with van der Waals surface area (Å²) < 4.78 is 6.56. The summed E-state index contributed by atoms with van der Waals surface area (Å²) in [6.45, 7) is 10.1. The Bertz CT molecular complexity index is 392. The Kier molecular flexibility index (Phi) is 6.87. The van der Waals surface area contributed by atoms with E-state index in [0.717, 1.165) is 23.2 Å². The van der Waals surface area contributed by atoms with Crippen molar-refractivity contribution in [1.29, 1.82) is 0 Å². The number of hydrogen-bond acceptors (Lipinski definition) is 2. The molecule has 1 rings (SSSR count). The van der Waals surface area contributed by atoms with Gasteiger partial charge in [-0.1, -0.05) is 43.6 Å². The van der Waals surface area contributed by atoms with Crippen molar-refractivity contribution in [2.24, 2.45) is 11.8 Å². The minimum atomic E-state index is 0.551. The van der Waals surface area contributed by atoms with Crippen molar-refractivity contribution in [3.8, 4) is 5.75 Å². The van der Waals surface area contributed by atoms with Gasteiger partial charge in [-0.25, -0.2) is 0 Å². The molecule has 2 atom stereocenters. The van der Waals surface area contributed by atoms with Crippen LogP contribution in [0.25, 0.3) is 0 Å². The quantitative estimate of drug-likeness (QED) is 0.807. The van der Waals surface area contributed by atoms with Crippen molar-refractivity contribution < 1.29 is 4.74 Å². The monoisotopic (exact) mass is 327 g/mol. The topological polar surface area (TPSA) is 21.3 Å². The van der Waals surface area contributed by atoms with E-state index in [-0.39, 0.29) is 0 Å². The summed E-state index contributed by atoms with van der Waals surface area (Å²) in [6.07, 6.45) is 1.05. The maximum atomic E-state index is 5.44. The van der Waals surface area contributed by atoms with Gasteiger partial charge >= 0.3 is 0 Å². The van der Waals surface area contributed by atoms with Gasteiger partial charge in [0.1, 0.15) is 5.75 Å². The van der Waals surface area contributed by atoms with Gasteiger partial charge in [-0.15, -0.1) is 0 Å². The van der Waals surface area contributed by atoms with Crippen LogP contribution in [0, 0.1) is 11.8 Å². The highest BCUT2D eigenvalue weighted by Gasteiger charge is 2.15. The molecule has 0 bridgehead atoms. The molecule has 0 radical (unpaired) electrons. The van der Waals surface area contributed by atoms with Crippen molar-refractivity contribution in [2.75, 3.05) is 13.7 Å². The Morgan fingerprint density at radius 1 is 1.16 bits per heavy atom. The molecule has 0 amide bonds.